The maximum absolute atomic E-state index is 14.3. The van der Waals surface area contributed by atoms with Gasteiger partial charge in [0, 0.05) is 65.9 Å². The molecule has 10 unspecified atom stereocenters. The number of nitrogens with zero attached hydrogens (tertiary/aromatic N) is 1. The standard InChI is InChI=1S/C56H60B2N4O15S/c1-52-24-26-18-35-45(47(52)53(26,35)2)74-57(76-52)27-4-7-32-37(19-27)72-38-20-28(58-75-46-44-34-22-40-54(3,77-58)48(46)55(34,40)44)5-8-33(38)56(32)31-9-6-29(21-30(31)51(69)73-56)61-42(64)11-14-70-16-17-71-15-12-60-41(63)10-13-62-43(65)23-39(49(62)66)78-25-36(59)50(67)68/h4-9,19-21,26,34-36,39-40,44-48H,10-18,22-25,59H2,1-3H3,(H,60,63)(H,61,64)(H,67,68)/t26-,34+,35+,36?,39?,40-,44?,45?,46?,47?,48?,52+,53?,54+,55?,56?/m1/s1. The Hall–Kier alpha value is -5.32. The van der Waals surface area contributed by atoms with Crippen molar-refractivity contribution in [1.29, 1.82) is 0 Å². The summed E-state index contributed by atoms with van der Waals surface area (Å²) in [5.74, 6) is 1.87. The highest BCUT2D eigenvalue weighted by Gasteiger charge is 3.01. The van der Waals surface area contributed by atoms with Crippen molar-refractivity contribution >= 4 is 78.2 Å². The van der Waals surface area contributed by atoms with E-state index in [4.69, 9.17) is 48.4 Å². The summed E-state index contributed by atoms with van der Waals surface area (Å²) in [4.78, 5) is 76.9. The third kappa shape index (κ3) is 6.62. The Morgan fingerprint density at radius 2 is 1.56 bits per heavy atom. The molecule has 12 aliphatic rings. The van der Waals surface area contributed by atoms with E-state index in [9.17, 15) is 28.8 Å². The van der Waals surface area contributed by atoms with Crippen molar-refractivity contribution in [3.8, 4) is 11.5 Å². The molecule has 22 heteroatoms. The number of benzene rings is 3. The number of hydrogen-bond acceptors (Lipinski definition) is 16. The fraction of sp³-hybridized carbons (Fsp3) is 0.571. The predicted octanol–water partition coefficient (Wildman–Crippen LogP) is 2.71. The zero-order chi connectivity index (χ0) is 53.6. The SMILES string of the molecule is CC12C3C4OB(c5ccc6c(c5)Oc5cc(B7OC8C9[C@@H]%10C[C@H]%11C9%10C8[C@@]%11(C)O7)ccc5C65OC(=O)c6cc(NC(=O)CCOCCOCCNC(=O)CCN7C(=O)CC(SCC(N)C(=O)O)C7=O)ccc65)O[C@@]3(C)C[C@H]1C[C@@H]42. The Morgan fingerprint density at radius 1 is 0.846 bits per heavy atom. The van der Waals surface area contributed by atoms with Crippen LogP contribution >= 0.6 is 11.8 Å². The number of nitrogens with one attached hydrogen (secondary N) is 2. The summed E-state index contributed by atoms with van der Waals surface area (Å²) in [7, 11) is -1.14. The van der Waals surface area contributed by atoms with Gasteiger partial charge in [-0.1, -0.05) is 37.3 Å². The summed E-state index contributed by atoms with van der Waals surface area (Å²) < 4.78 is 52.2. The van der Waals surface area contributed by atoms with Crippen molar-refractivity contribution in [3.63, 3.8) is 0 Å². The maximum atomic E-state index is 14.3. The van der Waals surface area contributed by atoms with Crippen molar-refractivity contribution in [3.05, 3.63) is 76.9 Å². The lowest BCUT2D eigenvalue weighted by atomic mass is 9.36. The smallest absolute Gasteiger partial charge is 0.480 e. The van der Waals surface area contributed by atoms with Crippen LogP contribution in [0.4, 0.5) is 5.69 Å². The second-order valence-corrected chi connectivity index (χ2v) is 25.7. The Labute approximate surface area is 454 Å². The van der Waals surface area contributed by atoms with E-state index in [-0.39, 0.29) is 99.8 Å². The Kier molecular flexibility index (Phi) is 10.9. The van der Waals surface area contributed by atoms with Crippen LogP contribution in [0.1, 0.15) is 86.3 Å². The number of fused-ring (bicyclic) bond motifs is 10. The van der Waals surface area contributed by atoms with Gasteiger partial charge >= 0.3 is 26.2 Å². The van der Waals surface area contributed by atoms with Gasteiger partial charge in [-0.05, 0) is 109 Å². The molecule has 5 heterocycles. The Bertz CT molecular complexity index is 3190. The predicted molar refractivity (Wildman–Crippen MR) is 279 cm³/mol. The number of ether oxygens (including phenoxy) is 4. The molecule has 5 aliphatic heterocycles. The molecular formula is C56H60B2N4O15S. The number of carboxylic acids is 1. The first-order valence-corrected chi connectivity index (χ1v) is 28.7. The van der Waals surface area contributed by atoms with Gasteiger partial charge in [0.1, 0.15) is 17.5 Å². The van der Waals surface area contributed by atoms with Crippen molar-refractivity contribution in [2.75, 3.05) is 50.6 Å². The van der Waals surface area contributed by atoms with Gasteiger partial charge in [0.15, 0.2) is 5.60 Å². The van der Waals surface area contributed by atoms with Gasteiger partial charge < -0.3 is 59.0 Å². The highest BCUT2D eigenvalue weighted by atomic mass is 32.2. The van der Waals surface area contributed by atoms with E-state index in [0.29, 0.717) is 85.8 Å². The molecule has 0 radical (unpaired) electrons. The minimum Gasteiger partial charge on any atom is -0.480 e. The number of thioether (sulfide) groups is 1. The van der Waals surface area contributed by atoms with E-state index in [1.54, 1.807) is 12.1 Å². The summed E-state index contributed by atoms with van der Waals surface area (Å²) in [5.41, 5.74) is 8.82. The van der Waals surface area contributed by atoms with Crippen LogP contribution < -0.4 is 32.0 Å². The van der Waals surface area contributed by atoms with E-state index in [1.807, 2.05) is 42.5 Å². The van der Waals surface area contributed by atoms with Gasteiger partial charge in [0.05, 0.1) is 67.1 Å². The van der Waals surface area contributed by atoms with Crippen molar-refractivity contribution in [1.82, 2.24) is 10.2 Å². The average Bonchev–Trinajstić information content (AvgIpc) is 1.48. The van der Waals surface area contributed by atoms with E-state index in [0.717, 1.165) is 39.9 Å². The number of aliphatic carboxylic acids is 1. The molecule has 2 spiro atoms. The lowest BCUT2D eigenvalue weighted by Gasteiger charge is -2.74. The number of anilines is 1. The number of carbonyl (C=O) groups excluding carboxylic acids is 5. The highest BCUT2D eigenvalue weighted by molar-refractivity contribution is 8.00. The van der Waals surface area contributed by atoms with Crippen LogP contribution in [0, 0.1) is 52.3 Å². The molecule has 7 saturated carbocycles. The van der Waals surface area contributed by atoms with E-state index < -0.39 is 54.9 Å². The number of hydrogen-bond donors (Lipinski definition) is 4. The van der Waals surface area contributed by atoms with Crippen LogP contribution in [-0.4, -0.2) is 140 Å². The van der Waals surface area contributed by atoms with Gasteiger partial charge in [-0.15, -0.1) is 11.8 Å². The van der Waals surface area contributed by atoms with Gasteiger partial charge in [-0.3, -0.25) is 28.9 Å². The third-order valence-electron chi connectivity index (χ3n) is 21.0. The molecule has 15 rings (SSSR count). The van der Waals surface area contributed by atoms with Gasteiger partial charge in [-0.25, -0.2) is 4.79 Å². The molecule has 7 aliphatic carbocycles. The average molecular weight is 1080 g/mol. The molecule has 3 saturated heterocycles. The molecule has 78 heavy (non-hydrogen) atoms. The van der Waals surface area contributed by atoms with Crippen LogP contribution in [0.2, 0.25) is 0 Å². The van der Waals surface area contributed by atoms with Crippen LogP contribution in [0.15, 0.2) is 54.6 Å². The summed E-state index contributed by atoms with van der Waals surface area (Å²) in [5, 5.41) is 13.9. The number of carbonyl (C=O) groups is 6. The number of esters is 1. The third-order valence-corrected chi connectivity index (χ3v) is 22.4. The second-order valence-electron chi connectivity index (χ2n) is 24.5. The largest absolute Gasteiger partial charge is 0.494 e. The number of imide groups is 1. The zero-order valence-corrected chi connectivity index (χ0v) is 44.3. The van der Waals surface area contributed by atoms with Gasteiger partial charge in [-0.2, -0.15) is 0 Å². The first-order chi connectivity index (χ1) is 37.5. The lowest BCUT2D eigenvalue weighted by molar-refractivity contribution is -0.326. The quantitative estimate of drug-likeness (QED) is 0.0583. The van der Waals surface area contributed by atoms with Crippen LogP contribution in [0.25, 0.3) is 0 Å². The van der Waals surface area contributed by atoms with E-state index >= 15 is 0 Å². The highest BCUT2D eigenvalue weighted by Crippen LogP contribution is 2.98. The first kappa shape index (κ1) is 49.7. The zero-order valence-electron chi connectivity index (χ0n) is 43.5. The minimum absolute atomic E-state index is 0.0116. The van der Waals surface area contributed by atoms with Gasteiger partial charge in [0.2, 0.25) is 23.6 Å². The molecular weight excluding hydrogens is 1020 g/mol. The number of rotatable bonds is 19. The number of nitrogens with two attached hydrogens (primary N) is 1. The lowest BCUT2D eigenvalue weighted by Crippen LogP contribution is -2.81. The number of carboxylic acid groups (broad SMARTS) is 1. The van der Waals surface area contributed by atoms with Crippen molar-refractivity contribution < 1.29 is 71.4 Å². The molecule has 406 valence electrons. The summed E-state index contributed by atoms with van der Waals surface area (Å²) in [6.45, 7) is 7.75. The molecule has 16 atom stereocenters. The molecule has 3 aromatic carbocycles. The monoisotopic (exact) mass is 1080 g/mol. The van der Waals surface area contributed by atoms with E-state index in [1.165, 1.54) is 12.8 Å². The number of amides is 4. The van der Waals surface area contributed by atoms with Crippen LogP contribution in [-0.2, 0) is 62.4 Å². The fourth-order valence-corrected chi connectivity index (χ4v) is 18.8. The molecule has 4 amide bonds. The van der Waals surface area contributed by atoms with Gasteiger partial charge in [0.25, 0.3) is 0 Å². The van der Waals surface area contributed by atoms with Crippen molar-refractivity contribution in [2.45, 2.75) is 99.6 Å². The minimum atomic E-state index is -1.38. The molecule has 3 aromatic rings. The molecule has 19 nitrogen and oxygen atoms in total. The molecule has 0 aromatic heterocycles. The topological polar surface area (TPSA) is 250 Å². The normalized spacial score (nSPS) is 38.6. The van der Waals surface area contributed by atoms with Crippen LogP contribution in [0.5, 0.6) is 11.5 Å². The Balaban J connectivity index is 0.580. The second kappa shape index (κ2) is 17.1. The molecule has 5 N–H and O–H groups in total. The number of likely N-dealkylation sites (tertiary alicyclic amines) is 1. The van der Waals surface area contributed by atoms with Crippen LogP contribution in [0.3, 0.4) is 0 Å². The van der Waals surface area contributed by atoms with Crippen molar-refractivity contribution in [2.24, 2.45) is 58.0 Å². The molecule has 10 fully saturated rings. The fourth-order valence-electron chi connectivity index (χ4n) is 17.6. The van der Waals surface area contributed by atoms with E-state index in [2.05, 4.69) is 31.4 Å². The first-order valence-electron chi connectivity index (χ1n) is 27.7. The Morgan fingerprint density at radius 3 is 2.32 bits per heavy atom. The maximum Gasteiger partial charge on any atom is 0.494 e. The summed E-state index contributed by atoms with van der Waals surface area (Å²) >= 11 is 1.02. The molecule has 0 bridgehead atoms. The summed E-state index contributed by atoms with van der Waals surface area (Å²) in [6, 6.07) is 16.0. The summed E-state index contributed by atoms with van der Waals surface area (Å²) in [6.07, 6.45) is 3.68.